The number of rotatable bonds is 7. The molecule has 0 aliphatic carbocycles. The molecule has 3 rings (SSSR count). The lowest BCUT2D eigenvalue weighted by molar-refractivity contribution is -0.115. The van der Waals surface area contributed by atoms with Gasteiger partial charge in [0.1, 0.15) is 5.75 Å². The Hall–Kier alpha value is -3.85. The number of nitriles is 1. The van der Waals surface area contributed by atoms with Crippen molar-refractivity contribution in [3.8, 4) is 23.1 Å². The van der Waals surface area contributed by atoms with E-state index in [9.17, 15) is 4.79 Å². The average Bonchev–Trinajstić information content (AvgIpc) is 2.76. The number of nitrogens with zero attached hydrogens (tertiary/aromatic N) is 2. The molecule has 6 heteroatoms. The molecular weight excluding hydrogens is 364 g/mol. The topological polar surface area (TPSA) is 87.0 Å². The summed E-state index contributed by atoms with van der Waals surface area (Å²) in [5.41, 5.74) is 3.58. The monoisotopic (exact) mass is 386 g/mol. The number of fused-ring (bicyclic) bond motifs is 1. The first-order valence-corrected chi connectivity index (χ1v) is 9.24. The van der Waals surface area contributed by atoms with Gasteiger partial charge in [0.25, 0.3) is 0 Å². The van der Waals surface area contributed by atoms with Crippen molar-refractivity contribution < 1.29 is 9.53 Å². The Labute approximate surface area is 169 Å². The smallest absolute Gasteiger partial charge is 0.224 e. The molecular formula is C23H22N4O2. The standard InChI is InChI=1S/C23H22N4O2/c1-4-22(28)27-18-9-10-25-20(12-18)17-6-5-16-7-8-21(29-3)23(19(16)11-17)26-14-15(2)13-24/h5-12,26H,2,4,14H2,1,3H3,(H,25,27,28). The van der Waals surface area contributed by atoms with Gasteiger partial charge in [0.05, 0.1) is 24.6 Å². The highest BCUT2D eigenvalue weighted by Gasteiger charge is 2.11. The number of hydrogen-bond donors (Lipinski definition) is 2. The van der Waals surface area contributed by atoms with Crippen molar-refractivity contribution >= 4 is 28.1 Å². The zero-order chi connectivity index (χ0) is 20.8. The Morgan fingerprint density at radius 2 is 2.03 bits per heavy atom. The van der Waals surface area contributed by atoms with Crippen LogP contribution in [0.15, 0.2) is 60.8 Å². The van der Waals surface area contributed by atoms with Crippen molar-refractivity contribution in [2.75, 3.05) is 24.3 Å². The van der Waals surface area contributed by atoms with Gasteiger partial charge in [-0.25, -0.2) is 0 Å². The Kier molecular flexibility index (Phi) is 6.10. The molecule has 29 heavy (non-hydrogen) atoms. The predicted octanol–water partition coefficient (Wildman–Crippen LogP) is 4.75. The van der Waals surface area contributed by atoms with Gasteiger partial charge in [0.15, 0.2) is 0 Å². The van der Waals surface area contributed by atoms with Crippen molar-refractivity contribution in [3.63, 3.8) is 0 Å². The summed E-state index contributed by atoms with van der Waals surface area (Å²) in [4.78, 5) is 16.1. The number of carbonyl (C=O) groups excluding carboxylic acids is 1. The molecule has 0 saturated carbocycles. The van der Waals surface area contributed by atoms with Gasteiger partial charge >= 0.3 is 0 Å². The highest BCUT2D eigenvalue weighted by molar-refractivity contribution is 5.99. The summed E-state index contributed by atoms with van der Waals surface area (Å²) in [5.74, 6) is 0.631. The maximum Gasteiger partial charge on any atom is 0.224 e. The molecule has 146 valence electrons. The first kappa shape index (κ1) is 19.9. The number of pyridine rings is 1. The largest absolute Gasteiger partial charge is 0.495 e. The Bertz CT molecular complexity index is 1120. The van der Waals surface area contributed by atoms with Crippen molar-refractivity contribution in [3.05, 3.63) is 60.8 Å². The fraction of sp³-hybridized carbons (Fsp3) is 0.174. The number of aromatic nitrogens is 1. The van der Waals surface area contributed by atoms with E-state index in [1.807, 2.05) is 49.4 Å². The van der Waals surface area contributed by atoms with E-state index in [2.05, 4.69) is 22.2 Å². The van der Waals surface area contributed by atoms with Crippen LogP contribution >= 0.6 is 0 Å². The molecule has 0 unspecified atom stereocenters. The van der Waals surface area contributed by atoms with E-state index in [1.54, 1.807) is 19.4 Å². The van der Waals surface area contributed by atoms with Crippen LogP contribution < -0.4 is 15.4 Å². The van der Waals surface area contributed by atoms with Crippen LogP contribution in [0.3, 0.4) is 0 Å². The number of benzene rings is 2. The summed E-state index contributed by atoms with van der Waals surface area (Å²) >= 11 is 0. The van der Waals surface area contributed by atoms with E-state index in [-0.39, 0.29) is 5.91 Å². The highest BCUT2D eigenvalue weighted by Crippen LogP contribution is 2.36. The van der Waals surface area contributed by atoms with Crippen LogP contribution in [0.5, 0.6) is 5.75 Å². The number of anilines is 2. The molecule has 2 N–H and O–H groups in total. The Balaban J connectivity index is 2.05. The fourth-order valence-electron chi connectivity index (χ4n) is 2.96. The lowest BCUT2D eigenvalue weighted by Crippen LogP contribution is -2.09. The van der Waals surface area contributed by atoms with Gasteiger partial charge in [-0.15, -0.1) is 0 Å². The summed E-state index contributed by atoms with van der Waals surface area (Å²) < 4.78 is 5.50. The first-order valence-electron chi connectivity index (χ1n) is 9.24. The molecule has 3 aromatic rings. The SMILES string of the molecule is C=C(C#N)CNc1c(OC)ccc2ccc(-c3cc(NC(=O)CC)ccn3)cc12. The molecule has 0 radical (unpaired) electrons. The second-order valence-corrected chi connectivity index (χ2v) is 6.48. The summed E-state index contributed by atoms with van der Waals surface area (Å²) in [7, 11) is 1.61. The molecule has 1 aromatic heterocycles. The molecule has 0 aliphatic heterocycles. The molecule has 2 aromatic carbocycles. The van der Waals surface area contributed by atoms with Crippen LogP contribution in [0.4, 0.5) is 11.4 Å². The van der Waals surface area contributed by atoms with Gasteiger partial charge in [-0.1, -0.05) is 31.7 Å². The van der Waals surface area contributed by atoms with E-state index < -0.39 is 0 Å². The summed E-state index contributed by atoms with van der Waals surface area (Å²) in [6, 6.07) is 15.5. The van der Waals surface area contributed by atoms with Crippen LogP contribution in [0.1, 0.15) is 13.3 Å². The van der Waals surface area contributed by atoms with Crippen molar-refractivity contribution in [2.45, 2.75) is 13.3 Å². The minimum absolute atomic E-state index is 0.0467. The van der Waals surface area contributed by atoms with Gasteiger partial charge in [-0.3, -0.25) is 9.78 Å². The predicted molar refractivity (Wildman–Crippen MR) is 116 cm³/mol. The highest BCUT2D eigenvalue weighted by atomic mass is 16.5. The van der Waals surface area contributed by atoms with Gasteiger partial charge < -0.3 is 15.4 Å². The average molecular weight is 386 g/mol. The quantitative estimate of drug-likeness (QED) is 0.572. The summed E-state index contributed by atoms with van der Waals surface area (Å²) in [6.45, 7) is 5.86. The van der Waals surface area contributed by atoms with E-state index in [4.69, 9.17) is 10.00 Å². The van der Waals surface area contributed by atoms with Gasteiger partial charge in [0.2, 0.25) is 5.91 Å². The van der Waals surface area contributed by atoms with Gasteiger partial charge in [-0.2, -0.15) is 5.26 Å². The van der Waals surface area contributed by atoms with E-state index in [0.717, 1.165) is 27.7 Å². The number of nitrogens with one attached hydrogen (secondary N) is 2. The fourth-order valence-corrected chi connectivity index (χ4v) is 2.96. The van der Waals surface area contributed by atoms with Crippen molar-refractivity contribution in [1.82, 2.24) is 4.98 Å². The molecule has 1 heterocycles. The second kappa shape index (κ2) is 8.89. The molecule has 0 aliphatic rings. The molecule has 1 amide bonds. The van der Waals surface area contributed by atoms with E-state index >= 15 is 0 Å². The molecule has 0 bridgehead atoms. The Morgan fingerprint density at radius 3 is 2.76 bits per heavy atom. The number of ether oxygens (including phenoxy) is 1. The lowest BCUT2D eigenvalue weighted by Gasteiger charge is -2.15. The third-order valence-corrected chi connectivity index (χ3v) is 4.50. The molecule has 6 nitrogen and oxygen atoms in total. The first-order chi connectivity index (χ1) is 14.0. The van der Waals surface area contributed by atoms with Crippen molar-refractivity contribution in [2.24, 2.45) is 0 Å². The van der Waals surface area contributed by atoms with Gasteiger partial charge in [-0.05, 0) is 29.7 Å². The van der Waals surface area contributed by atoms with Crippen LogP contribution in [0.2, 0.25) is 0 Å². The third-order valence-electron chi connectivity index (χ3n) is 4.50. The molecule has 0 fully saturated rings. The minimum Gasteiger partial charge on any atom is -0.495 e. The summed E-state index contributed by atoms with van der Waals surface area (Å²) in [6.07, 6.45) is 2.09. The zero-order valence-corrected chi connectivity index (χ0v) is 16.5. The second-order valence-electron chi connectivity index (χ2n) is 6.48. The number of amides is 1. The Morgan fingerprint density at radius 1 is 1.24 bits per heavy atom. The molecule has 0 spiro atoms. The molecule has 0 saturated heterocycles. The van der Waals surface area contributed by atoms with E-state index in [0.29, 0.717) is 30.0 Å². The van der Waals surface area contributed by atoms with Crippen LogP contribution in [0, 0.1) is 11.3 Å². The van der Waals surface area contributed by atoms with Crippen molar-refractivity contribution in [1.29, 1.82) is 5.26 Å². The van der Waals surface area contributed by atoms with Crippen LogP contribution in [0.25, 0.3) is 22.0 Å². The normalized spacial score (nSPS) is 10.2. The number of carbonyl (C=O) groups is 1. The van der Waals surface area contributed by atoms with E-state index in [1.165, 1.54) is 0 Å². The third kappa shape index (κ3) is 4.53. The maximum atomic E-state index is 11.7. The zero-order valence-electron chi connectivity index (χ0n) is 16.5. The number of hydrogen-bond acceptors (Lipinski definition) is 5. The van der Waals surface area contributed by atoms with Crippen LogP contribution in [-0.2, 0) is 4.79 Å². The van der Waals surface area contributed by atoms with Crippen LogP contribution in [-0.4, -0.2) is 24.5 Å². The molecule has 0 atom stereocenters. The minimum atomic E-state index is -0.0467. The summed E-state index contributed by atoms with van der Waals surface area (Å²) in [5, 5.41) is 17.1. The van der Waals surface area contributed by atoms with Gasteiger partial charge in [0, 0.05) is 41.4 Å². The number of methoxy groups -OCH3 is 1. The maximum absolute atomic E-state index is 11.7. The lowest BCUT2D eigenvalue weighted by atomic mass is 10.0.